The molecule has 0 bridgehead atoms. The molecule has 1 heterocycles. The second-order valence-electron chi connectivity index (χ2n) is 5.94. The summed E-state index contributed by atoms with van der Waals surface area (Å²) in [6, 6.07) is 13.9. The highest BCUT2D eigenvalue weighted by Gasteiger charge is 2.28. The van der Waals surface area contributed by atoms with Crippen LogP contribution >= 0.6 is 12.4 Å². The normalized spacial score (nSPS) is 14.8. The largest absolute Gasteiger partial charge is 0.461 e. The predicted molar refractivity (Wildman–Crippen MR) is 93.4 cm³/mol. The van der Waals surface area contributed by atoms with E-state index >= 15 is 0 Å². The second kappa shape index (κ2) is 8.18. The maximum absolute atomic E-state index is 11.8. The molecule has 1 aliphatic rings. The minimum atomic E-state index is 0. The Morgan fingerprint density at radius 1 is 1.22 bits per heavy atom. The Hall–Kier alpha value is -1.78. The van der Waals surface area contributed by atoms with Gasteiger partial charge in [-0.1, -0.05) is 30.3 Å². The lowest BCUT2D eigenvalue weighted by Crippen LogP contribution is -2.38. The lowest BCUT2D eigenvalue weighted by atomic mass is 10.2. The predicted octanol–water partition coefficient (Wildman–Crippen LogP) is 3.15. The number of carbonyl (C=O) groups is 1. The Bertz CT molecular complexity index is 623. The van der Waals surface area contributed by atoms with Gasteiger partial charge in [-0.3, -0.25) is 4.79 Å². The maximum atomic E-state index is 11.8. The van der Waals surface area contributed by atoms with E-state index in [-0.39, 0.29) is 24.4 Å². The highest BCUT2D eigenvalue weighted by molar-refractivity contribution is 5.85. The van der Waals surface area contributed by atoms with Crippen LogP contribution < -0.4 is 11.1 Å². The number of furan rings is 1. The summed E-state index contributed by atoms with van der Waals surface area (Å²) < 4.78 is 5.79. The second-order valence-corrected chi connectivity index (χ2v) is 5.94. The molecule has 124 valence electrons. The monoisotopic (exact) mass is 334 g/mol. The molecule has 1 aromatic heterocycles. The van der Waals surface area contributed by atoms with Crippen molar-refractivity contribution >= 4 is 18.3 Å². The molecule has 0 spiro atoms. The average molecular weight is 335 g/mol. The number of rotatable bonds is 7. The van der Waals surface area contributed by atoms with Crippen LogP contribution in [0.25, 0.3) is 11.3 Å². The molecule has 1 aromatic carbocycles. The van der Waals surface area contributed by atoms with E-state index in [9.17, 15) is 4.79 Å². The first-order valence-corrected chi connectivity index (χ1v) is 7.89. The molecule has 1 aliphatic carbocycles. The first kappa shape index (κ1) is 17.6. The van der Waals surface area contributed by atoms with Gasteiger partial charge in [0.1, 0.15) is 11.5 Å². The maximum Gasteiger partial charge on any atom is 0.220 e. The van der Waals surface area contributed by atoms with E-state index < -0.39 is 0 Å². The van der Waals surface area contributed by atoms with Gasteiger partial charge in [0.25, 0.3) is 0 Å². The molecular formula is C18H23ClN2O2. The molecule has 1 atom stereocenters. The van der Waals surface area contributed by atoms with Crippen LogP contribution in [0.4, 0.5) is 0 Å². The number of nitrogens with two attached hydrogens (primary N) is 1. The molecule has 1 unspecified atom stereocenters. The molecule has 0 saturated heterocycles. The summed E-state index contributed by atoms with van der Waals surface area (Å²) >= 11 is 0. The summed E-state index contributed by atoms with van der Waals surface area (Å²) in [5.41, 5.74) is 7.02. The number of hydrogen-bond acceptors (Lipinski definition) is 3. The summed E-state index contributed by atoms with van der Waals surface area (Å²) in [7, 11) is 0. The van der Waals surface area contributed by atoms with E-state index in [2.05, 4.69) is 5.32 Å². The summed E-state index contributed by atoms with van der Waals surface area (Å²) in [4.78, 5) is 11.8. The fourth-order valence-electron chi connectivity index (χ4n) is 2.52. The van der Waals surface area contributed by atoms with Gasteiger partial charge < -0.3 is 15.5 Å². The molecule has 2 aromatic rings. The molecular weight excluding hydrogens is 312 g/mol. The Balaban J connectivity index is 0.00000192. The van der Waals surface area contributed by atoms with E-state index in [1.165, 1.54) is 12.8 Å². The number of halogens is 1. The third-order valence-corrected chi connectivity index (χ3v) is 4.08. The van der Waals surface area contributed by atoms with Gasteiger partial charge in [0.15, 0.2) is 0 Å². The highest BCUT2D eigenvalue weighted by Crippen LogP contribution is 2.31. The molecule has 1 saturated carbocycles. The van der Waals surface area contributed by atoms with Crippen LogP contribution in [-0.4, -0.2) is 18.5 Å². The summed E-state index contributed by atoms with van der Waals surface area (Å²) in [5, 5.41) is 2.91. The number of nitrogens with one attached hydrogen (secondary N) is 1. The number of hydrogen-bond donors (Lipinski definition) is 2. The van der Waals surface area contributed by atoms with Crippen molar-refractivity contribution in [1.82, 2.24) is 5.32 Å². The summed E-state index contributed by atoms with van der Waals surface area (Å²) in [6.07, 6.45) is 3.44. The van der Waals surface area contributed by atoms with E-state index in [1.54, 1.807) is 0 Å². The van der Waals surface area contributed by atoms with Crippen molar-refractivity contribution in [2.75, 3.05) is 6.54 Å². The van der Waals surface area contributed by atoms with Gasteiger partial charge in [-0.15, -0.1) is 12.4 Å². The van der Waals surface area contributed by atoms with E-state index in [0.29, 0.717) is 25.3 Å². The molecule has 3 N–H and O–H groups in total. The van der Waals surface area contributed by atoms with Gasteiger partial charge in [-0.25, -0.2) is 0 Å². The first-order chi connectivity index (χ1) is 10.7. The minimum Gasteiger partial charge on any atom is -0.461 e. The fraction of sp³-hybridized carbons (Fsp3) is 0.389. The zero-order chi connectivity index (χ0) is 15.4. The Kier molecular flexibility index (Phi) is 6.25. The van der Waals surface area contributed by atoms with E-state index in [1.807, 2.05) is 42.5 Å². The summed E-state index contributed by atoms with van der Waals surface area (Å²) in [5.74, 6) is 2.32. The molecule has 1 fully saturated rings. The number of aryl methyl sites for hydroxylation is 1. The molecule has 3 rings (SSSR count). The molecule has 5 heteroatoms. The van der Waals surface area contributed by atoms with Gasteiger partial charge in [-0.2, -0.15) is 0 Å². The van der Waals surface area contributed by atoms with Crippen LogP contribution in [0.2, 0.25) is 0 Å². The van der Waals surface area contributed by atoms with Crippen molar-refractivity contribution in [2.24, 2.45) is 11.7 Å². The van der Waals surface area contributed by atoms with Crippen LogP contribution in [0.3, 0.4) is 0 Å². The van der Waals surface area contributed by atoms with Crippen molar-refractivity contribution in [1.29, 1.82) is 0 Å². The fourth-order valence-corrected chi connectivity index (χ4v) is 2.52. The first-order valence-electron chi connectivity index (χ1n) is 7.89. The van der Waals surface area contributed by atoms with Crippen LogP contribution in [0.1, 0.15) is 25.0 Å². The van der Waals surface area contributed by atoms with Gasteiger partial charge in [0.05, 0.1) is 0 Å². The van der Waals surface area contributed by atoms with Crippen molar-refractivity contribution in [2.45, 2.75) is 31.7 Å². The molecule has 4 nitrogen and oxygen atoms in total. The molecule has 1 amide bonds. The van der Waals surface area contributed by atoms with Crippen LogP contribution in [-0.2, 0) is 11.2 Å². The van der Waals surface area contributed by atoms with Crippen molar-refractivity contribution in [3.8, 4) is 11.3 Å². The van der Waals surface area contributed by atoms with Gasteiger partial charge >= 0.3 is 0 Å². The van der Waals surface area contributed by atoms with Gasteiger partial charge in [-0.05, 0) is 30.9 Å². The minimum absolute atomic E-state index is 0. The SMILES string of the molecule is Cl.NC(CNC(=O)CCc1ccc(-c2ccccc2)o1)C1CC1. The third-order valence-electron chi connectivity index (χ3n) is 4.08. The lowest BCUT2D eigenvalue weighted by molar-refractivity contribution is -0.121. The molecule has 23 heavy (non-hydrogen) atoms. The van der Waals surface area contributed by atoms with Crippen molar-refractivity contribution in [3.05, 3.63) is 48.2 Å². The topological polar surface area (TPSA) is 68.3 Å². The van der Waals surface area contributed by atoms with Gasteiger partial charge in [0.2, 0.25) is 5.91 Å². The Morgan fingerprint density at radius 3 is 2.65 bits per heavy atom. The van der Waals surface area contributed by atoms with E-state index in [4.69, 9.17) is 10.2 Å². The Morgan fingerprint density at radius 2 is 1.96 bits per heavy atom. The van der Waals surface area contributed by atoms with Crippen LogP contribution in [0, 0.1) is 5.92 Å². The molecule has 0 radical (unpaired) electrons. The number of benzene rings is 1. The average Bonchev–Trinajstić information content (AvgIpc) is 3.30. The van der Waals surface area contributed by atoms with Crippen LogP contribution in [0.5, 0.6) is 0 Å². The number of carbonyl (C=O) groups excluding carboxylic acids is 1. The smallest absolute Gasteiger partial charge is 0.220 e. The molecule has 0 aliphatic heterocycles. The Labute approximate surface area is 142 Å². The standard InChI is InChI=1S/C18H22N2O2.ClH/c19-16(13-6-7-13)12-20-18(21)11-9-15-8-10-17(22-15)14-4-2-1-3-5-14;/h1-5,8,10,13,16H,6-7,9,11-12,19H2,(H,20,21);1H. The number of amides is 1. The van der Waals surface area contributed by atoms with E-state index in [0.717, 1.165) is 17.1 Å². The third kappa shape index (κ3) is 5.12. The summed E-state index contributed by atoms with van der Waals surface area (Å²) in [6.45, 7) is 0.580. The lowest BCUT2D eigenvalue weighted by Gasteiger charge is -2.11. The van der Waals surface area contributed by atoms with Crippen molar-refractivity contribution < 1.29 is 9.21 Å². The van der Waals surface area contributed by atoms with Gasteiger partial charge in [0, 0.05) is 31.0 Å². The quantitative estimate of drug-likeness (QED) is 0.817. The van der Waals surface area contributed by atoms with Crippen LogP contribution in [0.15, 0.2) is 46.9 Å². The highest BCUT2D eigenvalue weighted by atomic mass is 35.5. The zero-order valence-electron chi connectivity index (χ0n) is 13.0. The van der Waals surface area contributed by atoms with Crippen molar-refractivity contribution in [3.63, 3.8) is 0 Å². The zero-order valence-corrected chi connectivity index (χ0v) is 13.9.